The molecule has 2 aromatic heterocycles. The molecule has 8 nitrogen and oxygen atoms in total. The average molecular weight is 356 g/mol. The lowest BCUT2D eigenvalue weighted by Crippen LogP contribution is -1.91. The molecule has 0 bridgehead atoms. The zero-order valence-electron chi connectivity index (χ0n) is 13.3. The molecule has 0 amide bonds. The summed E-state index contributed by atoms with van der Waals surface area (Å²) in [4.78, 5) is 19.4. The second-order valence-corrected chi connectivity index (χ2v) is 6.42. The molecule has 4 aromatic rings. The summed E-state index contributed by atoms with van der Waals surface area (Å²) < 4.78 is 11.5. The molecule has 0 atom stereocenters. The van der Waals surface area contributed by atoms with Gasteiger partial charge in [0.05, 0.1) is 22.8 Å². The first-order chi connectivity index (χ1) is 12.0. The zero-order valence-corrected chi connectivity index (χ0v) is 14.1. The van der Waals surface area contributed by atoms with Crippen molar-refractivity contribution in [2.45, 2.75) is 6.92 Å². The molecule has 0 aliphatic heterocycles. The molecular weight excluding hydrogens is 344 g/mol. The maximum absolute atomic E-state index is 11.0. The summed E-state index contributed by atoms with van der Waals surface area (Å²) in [6.07, 6.45) is 0. The number of methoxy groups -OCH3 is 1. The Morgan fingerprint density at radius 3 is 2.88 bits per heavy atom. The van der Waals surface area contributed by atoms with Crippen LogP contribution in [0.2, 0.25) is 0 Å². The van der Waals surface area contributed by atoms with Gasteiger partial charge in [-0.3, -0.25) is 15.4 Å². The van der Waals surface area contributed by atoms with E-state index >= 15 is 0 Å². The van der Waals surface area contributed by atoms with Gasteiger partial charge in [0.1, 0.15) is 11.0 Å². The van der Waals surface area contributed by atoms with Gasteiger partial charge in [-0.05, 0) is 24.6 Å². The molecule has 0 unspecified atom stereocenters. The van der Waals surface area contributed by atoms with Crippen LogP contribution < -0.4 is 10.1 Å². The van der Waals surface area contributed by atoms with Gasteiger partial charge in [0.15, 0.2) is 16.5 Å². The number of nitrogens with one attached hydrogen (secondary N) is 1. The van der Waals surface area contributed by atoms with E-state index in [-0.39, 0.29) is 5.69 Å². The Labute approximate surface area is 145 Å². The van der Waals surface area contributed by atoms with Crippen molar-refractivity contribution in [1.29, 1.82) is 0 Å². The summed E-state index contributed by atoms with van der Waals surface area (Å²) in [7, 11) is 1.45. The van der Waals surface area contributed by atoms with Crippen LogP contribution in [-0.2, 0) is 0 Å². The van der Waals surface area contributed by atoms with Crippen molar-refractivity contribution in [3.63, 3.8) is 0 Å². The number of aryl methyl sites for hydroxylation is 1. The van der Waals surface area contributed by atoms with Gasteiger partial charge in [0.2, 0.25) is 0 Å². The number of hydrogen-bond donors (Lipinski definition) is 1. The number of hydrogen-bond acceptors (Lipinski definition) is 8. The average Bonchev–Trinajstić information content (AvgIpc) is 3.16. The lowest BCUT2D eigenvalue weighted by molar-refractivity contribution is -0.384. The molecule has 0 aliphatic carbocycles. The van der Waals surface area contributed by atoms with E-state index in [9.17, 15) is 10.1 Å². The van der Waals surface area contributed by atoms with Crippen molar-refractivity contribution in [3.05, 3.63) is 46.0 Å². The number of oxazole rings is 1. The number of thiazole rings is 1. The van der Waals surface area contributed by atoms with Crippen molar-refractivity contribution < 1.29 is 14.1 Å². The van der Waals surface area contributed by atoms with Gasteiger partial charge in [0.25, 0.3) is 5.69 Å². The normalized spacial score (nSPS) is 11.1. The number of non-ortho nitro benzene ring substituents is 1. The van der Waals surface area contributed by atoms with Crippen LogP contribution in [0.5, 0.6) is 5.75 Å². The molecule has 0 saturated carbocycles. The Morgan fingerprint density at radius 2 is 2.12 bits per heavy atom. The largest absolute Gasteiger partial charge is 0.494 e. The predicted octanol–water partition coefficient (Wildman–Crippen LogP) is 4.41. The summed E-state index contributed by atoms with van der Waals surface area (Å²) in [6.45, 7) is 1.98. The summed E-state index contributed by atoms with van der Waals surface area (Å²) in [5.74, 6) is 0.349. The van der Waals surface area contributed by atoms with E-state index in [2.05, 4.69) is 15.3 Å². The number of nitro benzene ring substituents is 1. The first-order valence-corrected chi connectivity index (χ1v) is 8.12. The summed E-state index contributed by atoms with van der Waals surface area (Å²) in [5, 5.41) is 14.5. The van der Waals surface area contributed by atoms with Gasteiger partial charge in [0, 0.05) is 6.07 Å². The highest BCUT2D eigenvalue weighted by atomic mass is 32.1. The Bertz CT molecular complexity index is 1120. The van der Waals surface area contributed by atoms with E-state index in [4.69, 9.17) is 9.15 Å². The molecule has 2 heterocycles. The van der Waals surface area contributed by atoms with Gasteiger partial charge in [-0.25, -0.2) is 4.98 Å². The van der Waals surface area contributed by atoms with Gasteiger partial charge in [-0.15, -0.1) is 0 Å². The minimum Gasteiger partial charge on any atom is -0.494 e. The number of nitrogens with zero attached hydrogens (tertiary/aromatic N) is 3. The van der Waals surface area contributed by atoms with E-state index in [1.54, 1.807) is 0 Å². The van der Waals surface area contributed by atoms with Crippen LogP contribution in [0.4, 0.5) is 16.8 Å². The highest BCUT2D eigenvalue weighted by Crippen LogP contribution is 2.37. The minimum absolute atomic E-state index is 0.0445. The topological polar surface area (TPSA) is 103 Å². The lowest BCUT2D eigenvalue weighted by Gasteiger charge is -1.99. The van der Waals surface area contributed by atoms with Gasteiger partial charge < -0.3 is 9.15 Å². The van der Waals surface area contributed by atoms with Crippen LogP contribution in [0.1, 0.15) is 5.56 Å². The van der Waals surface area contributed by atoms with Crippen molar-refractivity contribution in [2.24, 2.45) is 0 Å². The van der Waals surface area contributed by atoms with Crippen LogP contribution in [0.15, 0.2) is 34.7 Å². The fraction of sp³-hybridized carbons (Fsp3) is 0.125. The number of anilines is 2. The molecule has 2 aromatic carbocycles. The van der Waals surface area contributed by atoms with Crippen LogP contribution in [0.3, 0.4) is 0 Å². The predicted molar refractivity (Wildman–Crippen MR) is 94.9 cm³/mol. The maximum atomic E-state index is 11.0. The highest BCUT2D eigenvalue weighted by molar-refractivity contribution is 7.22. The second-order valence-electron chi connectivity index (χ2n) is 5.39. The second kappa shape index (κ2) is 5.71. The van der Waals surface area contributed by atoms with Crippen LogP contribution >= 0.6 is 11.3 Å². The van der Waals surface area contributed by atoms with Crippen LogP contribution in [0.25, 0.3) is 21.3 Å². The number of ether oxygens (including phenoxy) is 1. The Hall–Kier alpha value is -3.20. The maximum Gasteiger partial charge on any atom is 0.302 e. The number of rotatable bonds is 4. The smallest absolute Gasteiger partial charge is 0.302 e. The molecule has 0 saturated heterocycles. The molecule has 25 heavy (non-hydrogen) atoms. The molecule has 9 heteroatoms. The van der Waals surface area contributed by atoms with Crippen LogP contribution in [0, 0.1) is 17.0 Å². The van der Waals surface area contributed by atoms with E-state index in [1.165, 1.54) is 30.6 Å². The van der Waals surface area contributed by atoms with E-state index in [0.29, 0.717) is 32.7 Å². The van der Waals surface area contributed by atoms with E-state index in [1.807, 2.05) is 25.1 Å². The lowest BCUT2D eigenvalue weighted by atomic mass is 10.2. The molecule has 4 rings (SSSR count). The van der Waals surface area contributed by atoms with Crippen LogP contribution in [-0.4, -0.2) is 22.0 Å². The highest BCUT2D eigenvalue weighted by Gasteiger charge is 2.17. The van der Waals surface area contributed by atoms with Gasteiger partial charge >= 0.3 is 6.01 Å². The van der Waals surface area contributed by atoms with Crippen molar-refractivity contribution >= 4 is 49.5 Å². The SMILES string of the molecule is COc1cc([N+](=O)[O-])cc2sc(Nc3nc4cc(C)ccc4o3)nc12. The standard InChI is InChI=1S/C16H12N4O4S/c1-8-3-4-11-10(5-8)17-15(24-11)19-16-18-14-12(23-2)6-9(20(21)22)7-13(14)25-16/h3-7H,1-2H3,(H,17,18,19). The van der Waals surface area contributed by atoms with E-state index < -0.39 is 4.92 Å². The first kappa shape index (κ1) is 15.3. The monoisotopic (exact) mass is 356 g/mol. The third-order valence-electron chi connectivity index (χ3n) is 3.63. The van der Waals surface area contributed by atoms with Gasteiger partial charge in [-0.1, -0.05) is 17.4 Å². The Balaban J connectivity index is 1.74. The number of nitro groups is 1. The zero-order chi connectivity index (χ0) is 17.6. The third-order valence-corrected chi connectivity index (χ3v) is 4.55. The third kappa shape index (κ3) is 2.74. The molecule has 0 spiro atoms. The first-order valence-electron chi connectivity index (χ1n) is 7.30. The van der Waals surface area contributed by atoms with Crippen molar-refractivity contribution in [3.8, 4) is 5.75 Å². The fourth-order valence-electron chi connectivity index (χ4n) is 2.48. The molecule has 0 radical (unpaired) electrons. The summed E-state index contributed by atoms with van der Waals surface area (Å²) in [6, 6.07) is 8.86. The molecule has 126 valence electrons. The summed E-state index contributed by atoms with van der Waals surface area (Å²) >= 11 is 1.26. The molecule has 1 N–H and O–H groups in total. The minimum atomic E-state index is -0.460. The quantitative estimate of drug-likeness (QED) is 0.427. The van der Waals surface area contributed by atoms with E-state index in [0.717, 1.165) is 11.1 Å². The molecular formula is C16H12N4O4S. The van der Waals surface area contributed by atoms with Crippen molar-refractivity contribution in [2.75, 3.05) is 12.4 Å². The number of fused-ring (bicyclic) bond motifs is 2. The Kier molecular flexibility index (Phi) is 3.50. The van der Waals surface area contributed by atoms with Gasteiger partial charge in [-0.2, -0.15) is 4.98 Å². The molecule has 0 aliphatic rings. The molecule has 0 fully saturated rings. The van der Waals surface area contributed by atoms with Crippen molar-refractivity contribution in [1.82, 2.24) is 9.97 Å². The Morgan fingerprint density at radius 1 is 1.28 bits per heavy atom. The number of aromatic nitrogens is 2. The fourth-order valence-corrected chi connectivity index (χ4v) is 3.39. The summed E-state index contributed by atoms with van der Waals surface area (Å²) in [5.41, 5.74) is 3.01. The number of benzene rings is 2.